The molecule has 1 unspecified atom stereocenters. The van der Waals surface area contributed by atoms with Crippen LogP contribution in [-0.4, -0.2) is 21.4 Å². The van der Waals surface area contributed by atoms with Crippen LogP contribution in [0.15, 0.2) is 52.0 Å². The first-order chi connectivity index (χ1) is 13.9. The largest absolute Gasteiger partial charge is 0.348 e. The first kappa shape index (κ1) is 19.3. The van der Waals surface area contributed by atoms with Crippen LogP contribution in [0.3, 0.4) is 0 Å². The van der Waals surface area contributed by atoms with Gasteiger partial charge >= 0.3 is 0 Å². The molecule has 0 spiro atoms. The Hall–Kier alpha value is -3.00. The van der Waals surface area contributed by atoms with Crippen LogP contribution in [0, 0.1) is 0 Å². The Labute approximate surface area is 175 Å². The van der Waals surface area contributed by atoms with Crippen molar-refractivity contribution in [2.45, 2.75) is 32.4 Å². The van der Waals surface area contributed by atoms with E-state index in [1.165, 1.54) is 10.9 Å². The maximum absolute atomic E-state index is 12.6. The number of amides is 2. The van der Waals surface area contributed by atoms with Crippen LogP contribution in [0.1, 0.15) is 30.5 Å². The van der Waals surface area contributed by atoms with E-state index >= 15 is 0 Å². The third-order valence-electron chi connectivity index (χ3n) is 5.00. The number of carbonyl (C=O) groups is 2. The highest BCUT2D eigenvalue weighted by atomic mass is 79.9. The maximum Gasteiger partial charge on any atom is 0.261 e. The normalized spacial score (nSPS) is 14.2. The van der Waals surface area contributed by atoms with Gasteiger partial charge in [0.05, 0.1) is 23.3 Å². The highest BCUT2D eigenvalue weighted by Crippen LogP contribution is 2.26. The molecule has 1 atom stereocenters. The van der Waals surface area contributed by atoms with Crippen LogP contribution in [0.5, 0.6) is 0 Å². The number of aryl methyl sites for hydroxylation is 1. The van der Waals surface area contributed by atoms with E-state index in [-0.39, 0.29) is 30.0 Å². The van der Waals surface area contributed by atoms with Crippen molar-refractivity contribution in [3.05, 3.63) is 68.7 Å². The van der Waals surface area contributed by atoms with E-state index in [1.54, 1.807) is 12.1 Å². The Morgan fingerprint density at radius 1 is 1.24 bits per heavy atom. The van der Waals surface area contributed by atoms with Gasteiger partial charge in [-0.1, -0.05) is 28.1 Å². The number of benzene rings is 2. The number of nitrogens with zero attached hydrogens (tertiary/aromatic N) is 2. The number of halogens is 1. The van der Waals surface area contributed by atoms with Gasteiger partial charge < -0.3 is 10.6 Å². The molecule has 2 N–H and O–H groups in total. The molecule has 0 saturated heterocycles. The summed E-state index contributed by atoms with van der Waals surface area (Å²) in [5, 5.41) is 6.23. The molecule has 3 aromatic rings. The minimum absolute atomic E-state index is 0.0214. The van der Waals surface area contributed by atoms with Gasteiger partial charge in [0.2, 0.25) is 11.8 Å². The zero-order chi connectivity index (χ0) is 20.5. The summed E-state index contributed by atoms with van der Waals surface area (Å²) in [5.41, 5.74) is 3.15. The van der Waals surface area contributed by atoms with Crippen molar-refractivity contribution in [3.8, 4) is 0 Å². The Kier molecular flexibility index (Phi) is 5.19. The fourth-order valence-corrected chi connectivity index (χ4v) is 3.80. The second-order valence-corrected chi connectivity index (χ2v) is 8.01. The summed E-state index contributed by atoms with van der Waals surface area (Å²) in [4.78, 5) is 40.9. The van der Waals surface area contributed by atoms with Gasteiger partial charge in [-0.2, -0.15) is 0 Å². The monoisotopic (exact) mass is 454 g/mol. The highest BCUT2D eigenvalue weighted by Gasteiger charge is 2.17. The number of hydrogen-bond donors (Lipinski definition) is 2. The lowest BCUT2D eigenvalue weighted by atomic mass is 9.98. The molecule has 4 rings (SSSR count). The lowest BCUT2D eigenvalue weighted by Gasteiger charge is -2.20. The van der Waals surface area contributed by atoms with E-state index in [4.69, 9.17) is 0 Å². The standard InChI is InChI=1S/C21H19BrN4O3/c1-12(13-2-5-17-14(8-13)3-7-19(27)25-17)24-20(28)10-26-11-23-18-6-4-15(22)9-16(18)21(26)29/h2,4-6,8-9,11-12H,3,7,10H2,1H3,(H,24,28)(H,25,27). The fraction of sp³-hybridized carbons (Fsp3) is 0.238. The molecule has 0 aliphatic carbocycles. The molecule has 148 valence electrons. The molecule has 0 fully saturated rings. The average Bonchev–Trinajstić information content (AvgIpc) is 2.70. The van der Waals surface area contributed by atoms with E-state index in [2.05, 4.69) is 31.5 Å². The second kappa shape index (κ2) is 7.79. The van der Waals surface area contributed by atoms with E-state index < -0.39 is 0 Å². The summed E-state index contributed by atoms with van der Waals surface area (Å²) in [6.07, 6.45) is 2.54. The van der Waals surface area contributed by atoms with Gasteiger partial charge in [0, 0.05) is 16.6 Å². The first-order valence-electron chi connectivity index (χ1n) is 9.27. The van der Waals surface area contributed by atoms with Crippen LogP contribution in [0.2, 0.25) is 0 Å². The molecule has 2 aromatic carbocycles. The van der Waals surface area contributed by atoms with E-state index in [0.717, 1.165) is 21.3 Å². The summed E-state index contributed by atoms with van der Waals surface area (Å²) in [7, 11) is 0. The number of fused-ring (bicyclic) bond motifs is 2. The van der Waals surface area contributed by atoms with Gasteiger partial charge in [0.1, 0.15) is 6.54 Å². The summed E-state index contributed by atoms with van der Waals surface area (Å²) in [6, 6.07) is 10.8. The topological polar surface area (TPSA) is 93.1 Å². The quantitative estimate of drug-likeness (QED) is 0.633. The highest BCUT2D eigenvalue weighted by molar-refractivity contribution is 9.10. The minimum Gasteiger partial charge on any atom is -0.348 e. The van der Waals surface area contributed by atoms with Gasteiger partial charge in [-0.25, -0.2) is 4.98 Å². The number of nitrogens with one attached hydrogen (secondary N) is 2. The molecular formula is C21H19BrN4O3. The molecule has 1 aliphatic rings. The molecule has 8 heteroatoms. The predicted molar refractivity (Wildman–Crippen MR) is 114 cm³/mol. The van der Waals surface area contributed by atoms with Gasteiger partial charge in [-0.15, -0.1) is 0 Å². The van der Waals surface area contributed by atoms with E-state index in [1.807, 2.05) is 31.2 Å². The number of hydrogen-bond acceptors (Lipinski definition) is 4. The molecule has 1 aliphatic heterocycles. The molecule has 0 saturated carbocycles. The molecule has 0 radical (unpaired) electrons. The predicted octanol–water partition coefficient (Wildman–Crippen LogP) is 2.92. The van der Waals surface area contributed by atoms with Crippen molar-refractivity contribution in [1.82, 2.24) is 14.9 Å². The Morgan fingerprint density at radius 2 is 2.07 bits per heavy atom. The number of rotatable bonds is 4. The summed E-state index contributed by atoms with van der Waals surface area (Å²) < 4.78 is 2.09. The number of anilines is 1. The van der Waals surface area contributed by atoms with Crippen LogP contribution >= 0.6 is 15.9 Å². The first-order valence-corrected chi connectivity index (χ1v) is 10.1. The average molecular weight is 455 g/mol. The fourth-order valence-electron chi connectivity index (χ4n) is 3.44. The summed E-state index contributed by atoms with van der Waals surface area (Å²) >= 11 is 3.35. The van der Waals surface area contributed by atoms with Crippen molar-refractivity contribution >= 4 is 44.3 Å². The van der Waals surface area contributed by atoms with Crippen molar-refractivity contribution in [2.24, 2.45) is 0 Å². The Bertz CT molecular complexity index is 1190. The SMILES string of the molecule is CC(NC(=O)Cn1cnc2ccc(Br)cc2c1=O)c1ccc2c(c1)CCC(=O)N2. The summed E-state index contributed by atoms with van der Waals surface area (Å²) in [6.45, 7) is 1.78. The summed E-state index contributed by atoms with van der Waals surface area (Å²) in [5.74, 6) is -0.255. The molecule has 0 bridgehead atoms. The second-order valence-electron chi connectivity index (χ2n) is 7.09. The molecule has 7 nitrogen and oxygen atoms in total. The van der Waals surface area contributed by atoms with Gasteiger partial charge in [0.15, 0.2) is 0 Å². The van der Waals surface area contributed by atoms with Crippen molar-refractivity contribution in [2.75, 3.05) is 5.32 Å². The zero-order valence-corrected chi connectivity index (χ0v) is 17.3. The van der Waals surface area contributed by atoms with Gasteiger partial charge in [-0.3, -0.25) is 19.0 Å². The third-order valence-corrected chi connectivity index (χ3v) is 5.50. The lowest BCUT2D eigenvalue weighted by molar-refractivity contribution is -0.122. The number of aromatic nitrogens is 2. The van der Waals surface area contributed by atoms with E-state index in [9.17, 15) is 14.4 Å². The zero-order valence-electron chi connectivity index (χ0n) is 15.7. The van der Waals surface area contributed by atoms with Crippen molar-refractivity contribution in [1.29, 1.82) is 0 Å². The van der Waals surface area contributed by atoms with Crippen LogP contribution < -0.4 is 16.2 Å². The molecule has 1 aromatic heterocycles. The van der Waals surface area contributed by atoms with E-state index in [0.29, 0.717) is 23.7 Å². The van der Waals surface area contributed by atoms with Gasteiger partial charge in [-0.05, 0) is 48.7 Å². The molecule has 2 heterocycles. The van der Waals surface area contributed by atoms with Crippen LogP contribution in [-0.2, 0) is 22.6 Å². The number of carbonyl (C=O) groups excluding carboxylic acids is 2. The lowest BCUT2D eigenvalue weighted by Crippen LogP contribution is -2.34. The third kappa shape index (κ3) is 4.07. The maximum atomic E-state index is 12.6. The minimum atomic E-state index is -0.276. The molecule has 2 amide bonds. The molecular weight excluding hydrogens is 436 g/mol. The smallest absolute Gasteiger partial charge is 0.261 e. The van der Waals surface area contributed by atoms with Crippen LogP contribution in [0.4, 0.5) is 5.69 Å². The Balaban J connectivity index is 1.49. The van der Waals surface area contributed by atoms with Crippen LogP contribution in [0.25, 0.3) is 10.9 Å². The molecule has 29 heavy (non-hydrogen) atoms. The van der Waals surface area contributed by atoms with Gasteiger partial charge in [0.25, 0.3) is 5.56 Å². The Morgan fingerprint density at radius 3 is 2.90 bits per heavy atom. The van der Waals surface area contributed by atoms with Crippen molar-refractivity contribution < 1.29 is 9.59 Å². The van der Waals surface area contributed by atoms with Crippen molar-refractivity contribution in [3.63, 3.8) is 0 Å².